The van der Waals surface area contributed by atoms with E-state index < -0.39 is 17.9 Å². The van der Waals surface area contributed by atoms with Crippen LogP contribution in [-0.4, -0.2) is 46.9 Å². The zero-order valence-electron chi connectivity index (χ0n) is 20.1. The fourth-order valence-electron chi connectivity index (χ4n) is 4.62. The number of carbonyl (C=O) groups excluding carboxylic acids is 2. The Morgan fingerprint density at radius 2 is 1.72 bits per heavy atom. The molecule has 4 rings (SSSR count). The molecule has 2 amide bonds. The summed E-state index contributed by atoms with van der Waals surface area (Å²) in [7, 11) is 0. The molecule has 2 N–H and O–H groups in total. The summed E-state index contributed by atoms with van der Waals surface area (Å²) >= 11 is 6.18. The van der Waals surface area contributed by atoms with E-state index in [0.717, 1.165) is 22.3 Å². The van der Waals surface area contributed by atoms with Crippen LogP contribution in [0.3, 0.4) is 0 Å². The number of nitrogens with zero attached hydrogens (tertiary/aromatic N) is 1. The second kappa shape index (κ2) is 11.4. The summed E-state index contributed by atoms with van der Waals surface area (Å²) in [6.07, 6.45) is 1.42. The monoisotopic (exact) mass is 504 g/mol. The number of carboxylic acid groups (broad SMARTS) is 1. The third-order valence-electron chi connectivity index (χ3n) is 6.65. The number of likely N-dealkylation sites (tertiary alicyclic amines) is 1. The van der Waals surface area contributed by atoms with Crippen molar-refractivity contribution in [3.8, 4) is 11.1 Å². The van der Waals surface area contributed by atoms with Crippen molar-refractivity contribution < 1.29 is 19.5 Å². The van der Waals surface area contributed by atoms with Crippen LogP contribution >= 0.6 is 11.6 Å². The average Bonchev–Trinajstić information content (AvgIpc) is 2.89. The van der Waals surface area contributed by atoms with E-state index in [2.05, 4.69) is 11.4 Å². The van der Waals surface area contributed by atoms with Gasteiger partial charge in [-0.05, 0) is 54.2 Å². The number of benzene rings is 3. The molecule has 1 fully saturated rings. The number of amides is 2. The first-order valence-corrected chi connectivity index (χ1v) is 12.4. The summed E-state index contributed by atoms with van der Waals surface area (Å²) in [5, 5.41) is 12.8. The Hall–Kier alpha value is -3.64. The quantitative estimate of drug-likeness (QED) is 0.475. The van der Waals surface area contributed by atoms with Gasteiger partial charge in [0.15, 0.2) is 0 Å². The van der Waals surface area contributed by atoms with Crippen molar-refractivity contribution in [2.45, 2.75) is 32.2 Å². The molecule has 0 spiro atoms. The minimum atomic E-state index is -1.09. The first-order chi connectivity index (χ1) is 17.3. The van der Waals surface area contributed by atoms with Gasteiger partial charge in [-0.1, -0.05) is 72.3 Å². The van der Waals surface area contributed by atoms with Gasteiger partial charge in [0.2, 0.25) is 5.91 Å². The van der Waals surface area contributed by atoms with Crippen molar-refractivity contribution >= 4 is 29.4 Å². The topological polar surface area (TPSA) is 86.7 Å². The Kier molecular flexibility index (Phi) is 8.06. The predicted molar refractivity (Wildman–Crippen MR) is 140 cm³/mol. The summed E-state index contributed by atoms with van der Waals surface area (Å²) < 4.78 is 0. The smallest absolute Gasteiger partial charge is 0.326 e. The number of nitrogens with one attached hydrogen (secondary N) is 1. The number of rotatable bonds is 7. The fourth-order valence-corrected chi connectivity index (χ4v) is 4.84. The van der Waals surface area contributed by atoms with Gasteiger partial charge >= 0.3 is 5.97 Å². The van der Waals surface area contributed by atoms with Gasteiger partial charge in [-0.25, -0.2) is 4.79 Å². The van der Waals surface area contributed by atoms with Gasteiger partial charge in [-0.2, -0.15) is 0 Å². The molecule has 3 aromatic rings. The lowest BCUT2D eigenvalue weighted by Gasteiger charge is -2.33. The highest BCUT2D eigenvalue weighted by Gasteiger charge is 2.32. The minimum absolute atomic E-state index is 0.171. The summed E-state index contributed by atoms with van der Waals surface area (Å²) in [6.45, 7) is 2.81. The molecular weight excluding hydrogens is 476 g/mol. The number of aliphatic carboxylic acids is 1. The largest absolute Gasteiger partial charge is 0.480 e. The number of carboxylic acids is 1. The van der Waals surface area contributed by atoms with Crippen LogP contribution in [0.2, 0.25) is 5.02 Å². The van der Waals surface area contributed by atoms with Gasteiger partial charge in [0.05, 0.1) is 16.5 Å². The Morgan fingerprint density at radius 3 is 2.42 bits per heavy atom. The maximum atomic E-state index is 13.0. The van der Waals surface area contributed by atoms with Crippen LogP contribution in [0.25, 0.3) is 11.1 Å². The summed E-state index contributed by atoms with van der Waals surface area (Å²) in [4.78, 5) is 39.5. The third kappa shape index (κ3) is 5.94. The lowest BCUT2D eigenvalue weighted by molar-refractivity contribution is -0.142. The molecule has 1 heterocycles. The molecule has 2 atom stereocenters. The molecule has 0 aromatic heterocycles. The second-order valence-corrected chi connectivity index (χ2v) is 9.59. The predicted octanol–water partition coefficient (Wildman–Crippen LogP) is 4.98. The van der Waals surface area contributed by atoms with E-state index in [0.29, 0.717) is 30.0 Å². The molecule has 186 valence electrons. The van der Waals surface area contributed by atoms with Crippen molar-refractivity contribution in [1.82, 2.24) is 10.2 Å². The molecular formula is C29H29ClN2O4. The molecule has 0 saturated carbocycles. The van der Waals surface area contributed by atoms with E-state index in [1.807, 2.05) is 49.4 Å². The van der Waals surface area contributed by atoms with Crippen molar-refractivity contribution in [3.63, 3.8) is 0 Å². The van der Waals surface area contributed by atoms with Crippen LogP contribution in [0.1, 0.15) is 34.3 Å². The lowest BCUT2D eigenvalue weighted by Crippen LogP contribution is -2.50. The van der Waals surface area contributed by atoms with Crippen molar-refractivity contribution in [3.05, 3.63) is 94.5 Å². The molecule has 36 heavy (non-hydrogen) atoms. The van der Waals surface area contributed by atoms with Crippen LogP contribution in [0.4, 0.5) is 0 Å². The van der Waals surface area contributed by atoms with Crippen molar-refractivity contribution in [1.29, 1.82) is 0 Å². The number of aryl methyl sites for hydroxylation is 1. The average molecular weight is 505 g/mol. The maximum Gasteiger partial charge on any atom is 0.326 e. The van der Waals surface area contributed by atoms with Crippen LogP contribution < -0.4 is 5.32 Å². The Morgan fingerprint density at radius 1 is 1.03 bits per heavy atom. The number of halogens is 1. The fraction of sp³-hybridized carbons (Fsp3) is 0.276. The summed E-state index contributed by atoms with van der Waals surface area (Å²) in [5.41, 5.74) is 4.56. The van der Waals surface area contributed by atoms with Gasteiger partial charge in [-0.15, -0.1) is 0 Å². The van der Waals surface area contributed by atoms with E-state index >= 15 is 0 Å². The first kappa shape index (κ1) is 25.5. The van der Waals surface area contributed by atoms with E-state index in [-0.39, 0.29) is 24.8 Å². The third-order valence-corrected chi connectivity index (χ3v) is 6.98. The van der Waals surface area contributed by atoms with Crippen molar-refractivity contribution in [2.24, 2.45) is 5.92 Å². The Labute approximate surface area is 215 Å². The highest BCUT2D eigenvalue weighted by atomic mass is 35.5. The number of hydrogen-bond acceptors (Lipinski definition) is 3. The van der Waals surface area contributed by atoms with Gasteiger partial charge in [0.25, 0.3) is 5.91 Å². The zero-order chi connectivity index (χ0) is 25.7. The maximum absolute atomic E-state index is 13.0. The number of carbonyl (C=O) groups is 3. The molecule has 3 aromatic carbocycles. The molecule has 1 aliphatic heterocycles. The molecule has 0 aliphatic carbocycles. The van der Waals surface area contributed by atoms with Gasteiger partial charge in [0.1, 0.15) is 6.04 Å². The lowest BCUT2D eigenvalue weighted by atomic mass is 9.95. The molecule has 1 unspecified atom stereocenters. The minimum Gasteiger partial charge on any atom is -0.480 e. The van der Waals surface area contributed by atoms with Gasteiger partial charge < -0.3 is 15.3 Å². The van der Waals surface area contributed by atoms with Crippen LogP contribution in [0.5, 0.6) is 0 Å². The molecule has 6 nitrogen and oxygen atoms in total. The number of hydrogen-bond donors (Lipinski definition) is 2. The van der Waals surface area contributed by atoms with Gasteiger partial charge in [-0.3, -0.25) is 9.59 Å². The van der Waals surface area contributed by atoms with E-state index in [4.69, 9.17) is 11.6 Å². The van der Waals surface area contributed by atoms with E-state index in [1.165, 1.54) is 0 Å². The SMILES string of the molecule is Cc1ccccc1-c1ccc(C[C@H](NC(=O)C2CCCN(C(=O)c3ccccc3Cl)C2)C(=O)O)cc1. The first-order valence-electron chi connectivity index (χ1n) is 12.1. The highest BCUT2D eigenvalue weighted by Crippen LogP contribution is 2.25. The zero-order valence-corrected chi connectivity index (χ0v) is 20.9. The number of piperidine rings is 1. The van der Waals surface area contributed by atoms with E-state index in [1.54, 1.807) is 29.2 Å². The van der Waals surface area contributed by atoms with Crippen LogP contribution in [0.15, 0.2) is 72.8 Å². The second-order valence-electron chi connectivity index (χ2n) is 9.19. The Bertz CT molecular complexity index is 1260. The molecule has 0 radical (unpaired) electrons. The van der Waals surface area contributed by atoms with Crippen LogP contribution in [-0.2, 0) is 16.0 Å². The van der Waals surface area contributed by atoms with Crippen LogP contribution in [0, 0.1) is 12.8 Å². The normalized spacial score (nSPS) is 16.3. The standard InChI is InChI=1S/C29H29ClN2O4/c1-19-7-2-3-9-23(19)21-14-12-20(13-15-21)17-26(29(35)36)31-27(33)22-8-6-16-32(18-22)28(34)24-10-4-5-11-25(24)30/h2-5,7,9-15,22,26H,6,8,16-18H2,1H3,(H,31,33)(H,35,36)/t22?,26-/m0/s1. The Balaban J connectivity index is 1.40. The molecule has 0 bridgehead atoms. The summed E-state index contributed by atoms with van der Waals surface area (Å²) in [6, 6.07) is 21.6. The van der Waals surface area contributed by atoms with E-state index in [9.17, 15) is 19.5 Å². The van der Waals surface area contributed by atoms with Crippen molar-refractivity contribution in [2.75, 3.05) is 13.1 Å². The highest BCUT2D eigenvalue weighted by molar-refractivity contribution is 6.33. The molecule has 1 aliphatic rings. The molecule has 1 saturated heterocycles. The molecule has 7 heteroatoms. The summed E-state index contributed by atoms with van der Waals surface area (Å²) in [5.74, 6) is -2.14. The van der Waals surface area contributed by atoms with Gasteiger partial charge in [0, 0.05) is 19.5 Å².